The van der Waals surface area contributed by atoms with E-state index in [4.69, 9.17) is 18.9 Å². The number of carbonyl (C=O) groups is 1. The molecule has 0 fully saturated rings. The van der Waals surface area contributed by atoms with Gasteiger partial charge in [-0.15, -0.1) is 0 Å². The molecule has 0 aliphatic carbocycles. The fourth-order valence-corrected chi connectivity index (χ4v) is 3.93. The number of carbonyl (C=O) groups excluding carboxylic acids is 1. The fraction of sp³-hybridized carbons (Fsp3) is 0.174. The highest BCUT2D eigenvalue weighted by Crippen LogP contribution is 2.50. The second-order valence-electron chi connectivity index (χ2n) is 6.80. The maximum atomic E-state index is 13.0. The monoisotopic (exact) mass is 374 g/mol. The summed E-state index contributed by atoms with van der Waals surface area (Å²) in [4.78, 5) is 13.0. The molecule has 0 radical (unpaired) electrons. The molecule has 2 heterocycles. The van der Waals surface area contributed by atoms with Crippen molar-refractivity contribution in [3.05, 3.63) is 83.4 Å². The average Bonchev–Trinajstić information content (AvgIpc) is 3.19. The van der Waals surface area contributed by atoms with Gasteiger partial charge in [0.05, 0.1) is 13.0 Å². The van der Waals surface area contributed by atoms with Gasteiger partial charge in [-0.3, -0.25) is 4.79 Å². The molecule has 0 bridgehead atoms. The second-order valence-corrected chi connectivity index (χ2v) is 6.80. The zero-order valence-corrected chi connectivity index (χ0v) is 15.3. The quantitative estimate of drug-likeness (QED) is 0.507. The van der Waals surface area contributed by atoms with E-state index in [0.29, 0.717) is 17.2 Å². The summed E-state index contributed by atoms with van der Waals surface area (Å²) in [6.45, 7) is 0.168. The van der Waals surface area contributed by atoms with Crippen LogP contribution in [0.1, 0.15) is 28.5 Å². The third-order valence-corrected chi connectivity index (χ3v) is 5.27. The first-order valence-corrected chi connectivity index (χ1v) is 9.09. The molecule has 140 valence electrons. The van der Waals surface area contributed by atoms with E-state index < -0.39 is 5.92 Å². The highest BCUT2D eigenvalue weighted by atomic mass is 16.7. The smallest absolute Gasteiger partial charge is 0.319 e. The SMILES string of the molecule is COc1ccc([C@H]2c3cc4c(cc3OC(=O)[C@H]2c2ccccc2)OCO4)cc1. The van der Waals surface area contributed by atoms with Crippen LogP contribution < -0.4 is 18.9 Å². The number of benzene rings is 3. The standard InChI is InChI=1S/C23H18O5/c1-25-16-9-7-15(8-10-16)21-17-11-19-20(27-13-26-19)12-18(17)28-23(24)22(21)14-5-3-2-4-6-14/h2-12,21-22H,13H2,1H3/t21-,22-/m0/s1. The van der Waals surface area contributed by atoms with Gasteiger partial charge in [-0.05, 0) is 29.3 Å². The number of hydrogen-bond acceptors (Lipinski definition) is 5. The van der Waals surface area contributed by atoms with Crippen molar-refractivity contribution < 1.29 is 23.7 Å². The van der Waals surface area contributed by atoms with Crippen LogP contribution in [0, 0.1) is 0 Å². The molecule has 5 heteroatoms. The molecule has 0 saturated carbocycles. The Hall–Kier alpha value is -3.47. The molecule has 3 aromatic carbocycles. The van der Waals surface area contributed by atoms with Crippen molar-refractivity contribution in [3.63, 3.8) is 0 Å². The Balaban J connectivity index is 1.70. The third kappa shape index (κ3) is 2.67. The number of ether oxygens (including phenoxy) is 4. The van der Waals surface area contributed by atoms with Crippen molar-refractivity contribution in [1.29, 1.82) is 0 Å². The van der Waals surface area contributed by atoms with Gasteiger partial charge in [-0.25, -0.2) is 0 Å². The highest BCUT2D eigenvalue weighted by molar-refractivity contribution is 5.86. The Morgan fingerprint density at radius 2 is 1.50 bits per heavy atom. The number of rotatable bonds is 3. The van der Waals surface area contributed by atoms with E-state index in [1.165, 1.54) is 0 Å². The minimum absolute atomic E-state index is 0.168. The molecule has 5 nitrogen and oxygen atoms in total. The topological polar surface area (TPSA) is 54.0 Å². The summed E-state index contributed by atoms with van der Waals surface area (Å²) < 4.78 is 22.0. The van der Waals surface area contributed by atoms with Crippen LogP contribution in [-0.4, -0.2) is 19.9 Å². The van der Waals surface area contributed by atoms with Gasteiger partial charge in [0.2, 0.25) is 6.79 Å². The number of hydrogen-bond donors (Lipinski definition) is 0. The maximum absolute atomic E-state index is 13.0. The molecule has 0 N–H and O–H groups in total. The van der Waals surface area contributed by atoms with Gasteiger partial charge in [-0.2, -0.15) is 0 Å². The Morgan fingerprint density at radius 1 is 0.821 bits per heavy atom. The lowest BCUT2D eigenvalue weighted by Crippen LogP contribution is -2.30. The molecular weight excluding hydrogens is 356 g/mol. The van der Waals surface area contributed by atoms with Crippen molar-refractivity contribution >= 4 is 5.97 Å². The molecule has 0 amide bonds. The number of esters is 1. The highest BCUT2D eigenvalue weighted by Gasteiger charge is 2.41. The Labute approximate surface area is 162 Å². The van der Waals surface area contributed by atoms with Crippen LogP contribution in [0.5, 0.6) is 23.0 Å². The Morgan fingerprint density at radius 3 is 2.21 bits per heavy atom. The molecule has 2 atom stereocenters. The van der Waals surface area contributed by atoms with E-state index in [9.17, 15) is 4.79 Å². The van der Waals surface area contributed by atoms with E-state index in [-0.39, 0.29) is 18.7 Å². The predicted octanol–water partition coefficient (Wildman–Crippen LogP) is 4.26. The fourth-order valence-electron chi connectivity index (χ4n) is 3.93. The first-order chi connectivity index (χ1) is 13.7. The van der Waals surface area contributed by atoms with E-state index in [1.54, 1.807) is 13.2 Å². The van der Waals surface area contributed by atoms with Gasteiger partial charge in [0, 0.05) is 17.5 Å². The van der Waals surface area contributed by atoms with Crippen LogP contribution in [0.15, 0.2) is 66.7 Å². The predicted molar refractivity (Wildman–Crippen MR) is 102 cm³/mol. The summed E-state index contributed by atoms with van der Waals surface area (Å²) in [5.41, 5.74) is 2.82. The van der Waals surface area contributed by atoms with Crippen molar-refractivity contribution in [1.82, 2.24) is 0 Å². The van der Waals surface area contributed by atoms with Gasteiger partial charge < -0.3 is 18.9 Å². The molecule has 0 unspecified atom stereocenters. The van der Waals surface area contributed by atoms with Crippen molar-refractivity contribution in [2.24, 2.45) is 0 Å². The molecule has 3 aromatic rings. The minimum Gasteiger partial charge on any atom is -0.497 e. The van der Waals surface area contributed by atoms with Gasteiger partial charge >= 0.3 is 5.97 Å². The Kier molecular flexibility index (Phi) is 3.93. The molecule has 5 rings (SSSR count). The zero-order valence-electron chi connectivity index (χ0n) is 15.3. The van der Waals surface area contributed by atoms with Crippen LogP contribution >= 0.6 is 0 Å². The molecule has 2 aliphatic heterocycles. The molecule has 2 aliphatic rings. The summed E-state index contributed by atoms with van der Waals surface area (Å²) in [5.74, 6) is 1.60. The first kappa shape index (κ1) is 16.7. The van der Waals surface area contributed by atoms with Gasteiger partial charge in [0.1, 0.15) is 11.5 Å². The van der Waals surface area contributed by atoms with Crippen molar-refractivity contribution in [3.8, 4) is 23.0 Å². The minimum atomic E-state index is -0.456. The normalized spacial score (nSPS) is 19.7. The molecule has 0 aromatic heterocycles. The van der Waals surface area contributed by atoms with Crippen molar-refractivity contribution in [2.75, 3.05) is 13.9 Å². The average molecular weight is 374 g/mol. The summed E-state index contributed by atoms with van der Waals surface area (Å²) in [7, 11) is 1.63. The lowest BCUT2D eigenvalue weighted by atomic mass is 9.75. The molecule has 0 saturated heterocycles. The van der Waals surface area contributed by atoms with Crippen LogP contribution in [0.25, 0.3) is 0 Å². The number of methoxy groups -OCH3 is 1. The summed E-state index contributed by atoms with van der Waals surface area (Å²) in [6.07, 6.45) is 0. The lowest BCUT2D eigenvalue weighted by molar-refractivity contribution is -0.137. The van der Waals surface area contributed by atoms with E-state index in [0.717, 1.165) is 22.4 Å². The van der Waals surface area contributed by atoms with E-state index >= 15 is 0 Å². The molecular formula is C23H18O5. The van der Waals surface area contributed by atoms with Crippen LogP contribution in [0.4, 0.5) is 0 Å². The second kappa shape index (κ2) is 6.60. The maximum Gasteiger partial charge on any atom is 0.319 e. The summed E-state index contributed by atoms with van der Waals surface area (Å²) in [5, 5.41) is 0. The lowest BCUT2D eigenvalue weighted by Gasteiger charge is -2.32. The summed E-state index contributed by atoms with van der Waals surface area (Å²) >= 11 is 0. The third-order valence-electron chi connectivity index (χ3n) is 5.27. The molecule has 0 spiro atoms. The van der Waals surface area contributed by atoms with Crippen LogP contribution in [0.2, 0.25) is 0 Å². The van der Waals surface area contributed by atoms with Crippen LogP contribution in [-0.2, 0) is 4.79 Å². The van der Waals surface area contributed by atoms with E-state index in [2.05, 4.69) is 0 Å². The summed E-state index contributed by atoms with van der Waals surface area (Å²) in [6, 6.07) is 21.2. The largest absolute Gasteiger partial charge is 0.497 e. The van der Waals surface area contributed by atoms with Gasteiger partial charge in [0.25, 0.3) is 0 Å². The first-order valence-electron chi connectivity index (χ1n) is 9.09. The van der Waals surface area contributed by atoms with Crippen molar-refractivity contribution in [2.45, 2.75) is 11.8 Å². The number of fused-ring (bicyclic) bond motifs is 2. The van der Waals surface area contributed by atoms with E-state index in [1.807, 2.05) is 60.7 Å². The molecule has 28 heavy (non-hydrogen) atoms. The van der Waals surface area contributed by atoms with Crippen LogP contribution in [0.3, 0.4) is 0 Å². The zero-order chi connectivity index (χ0) is 19.1. The van der Waals surface area contributed by atoms with Gasteiger partial charge in [-0.1, -0.05) is 42.5 Å². The van der Waals surface area contributed by atoms with Gasteiger partial charge in [0.15, 0.2) is 11.5 Å². The Bertz CT molecular complexity index is 1030.